The number of benzene rings is 1. The fraction of sp³-hybridized carbons (Fsp3) is 0.609. The molecule has 0 bridgehead atoms. The third-order valence-corrected chi connectivity index (χ3v) is 15.8. The summed E-state index contributed by atoms with van der Waals surface area (Å²) in [6.07, 6.45) is 10.7. The first kappa shape index (κ1) is 44.8. The van der Waals surface area contributed by atoms with Gasteiger partial charge < -0.3 is 29.9 Å². The minimum atomic E-state index is -3.91. The van der Waals surface area contributed by atoms with E-state index in [1.54, 1.807) is 12.0 Å². The molecule has 5 atom stereocenters. The summed E-state index contributed by atoms with van der Waals surface area (Å²) in [6.45, 7) is 9.34. The van der Waals surface area contributed by atoms with E-state index in [2.05, 4.69) is 29.2 Å². The number of hydrogen-bond donors (Lipinski definition) is 3. The number of amides is 5. The number of carbonyl (C=O) groups is 4. The third-order valence-electron chi connectivity index (χ3n) is 13.1. The van der Waals surface area contributed by atoms with Gasteiger partial charge in [0.05, 0.1) is 30.1 Å². The van der Waals surface area contributed by atoms with E-state index in [0.29, 0.717) is 73.8 Å². The number of pyridine rings is 1. The Labute approximate surface area is 374 Å². The number of aromatic nitrogens is 2. The van der Waals surface area contributed by atoms with Gasteiger partial charge in [-0.05, 0) is 88.7 Å². The zero-order valence-corrected chi connectivity index (χ0v) is 38.6. The number of nitrogens with one attached hydrogen (secondary N) is 3. The van der Waals surface area contributed by atoms with Gasteiger partial charge in [-0.25, -0.2) is 23.2 Å². The van der Waals surface area contributed by atoms with Crippen molar-refractivity contribution in [1.29, 1.82) is 0 Å². The number of methoxy groups -OCH3 is 1. The van der Waals surface area contributed by atoms with Crippen molar-refractivity contribution in [3.8, 4) is 22.2 Å². The lowest BCUT2D eigenvalue weighted by atomic mass is 10.0. The Morgan fingerprint density at radius 2 is 1.87 bits per heavy atom. The van der Waals surface area contributed by atoms with Crippen LogP contribution in [0.2, 0.25) is 0 Å². The molecule has 340 valence electrons. The molecule has 1 saturated heterocycles. The quantitative estimate of drug-likeness (QED) is 0.163. The zero-order chi connectivity index (χ0) is 44.6. The van der Waals surface area contributed by atoms with E-state index in [0.717, 1.165) is 53.8 Å². The van der Waals surface area contributed by atoms with Crippen molar-refractivity contribution in [1.82, 2.24) is 35.1 Å². The molecule has 0 radical (unpaired) electrons. The summed E-state index contributed by atoms with van der Waals surface area (Å²) in [5, 5.41) is 8.88. The summed E-state index contributed by atoms with van der Waals surface area (Å²) in [7, 11) is -2.30. The van der Waals surface area contributed by atoms with Gasteiger partial charge in [-0.2, -0.15) is 0 Å². The van der Waals surface area contributed by atoms with Crippen LogP contribution in [0.25, 0.3) is 21.6 Å². The molecule has 63 heavy (non-hydrogen) atoms. The van der Waals surface area contributed by atoms with Crippen LogP contribution < -0.4 is 24.8 Å². The van der Waals surface area contributed by atoms with Crippen LogP contribution in [0.15, 0.2) is 35.7 Å². The number of aryl methyl sites for hydroxylation is 1. The van der Waals surface area contributed by atoms with Gasteiger partial charge in [-0.15, -0.1) is 11.3 Å². The van der Waals surface area contributed by atoms with Crippen LogP contribution in [0.1, 0.15) is 115 Å². The maximum absolute atomic E-state index is 15.0. The van der Waals surface area contributed by atoms with Crippen LogP contribution >= 0.6 is 11.3 Å². The maximum atomic E-state index is 15.0. The highest BCUT2D eigenvalue weighted by atomic mass is 32.2. The summed E-state index contributed by atoms with van der Waals surface area (Å²) in [4.78, 5) is 70.9. The molecule has 17 heteroatoms. The van der Waals surface area contributed by atoms with Gasteiger partial charge in [-0.1, -0.05) is 45.8 Å². The van der Waals surface area contributed by atoms with Crippen LogP contribution in [-0.4, -0.2) is 108 Å². The van der Waals surface area contributed by atoms with Crippen LogP contribution in [0.3, 0.4) is 0 Å². The predicted octanol–water partition coefficient (Wildman–Crippen LogP) is 6.35. The van der Waals surface area contributed by atoms with Crippen LogP contribution in [-0.2, 0) is 24.4 Å². The number of hydrogen-bond acceptors (Lipinski definition) is 11. The van der Waals surface area contributed by atoms with E-state index in [1.807, 2.05) is 49.6 Å². The van der Waals surface area contributed by atoms with E-state index >= 15 is 4.79 Å². The molecule has 5 aliphatic rings. The van der Waals surface area contributed by atoms with Crippen molar-refractivity contribution in [2.45, 2.75) is 140 Å². The molecule has 1 aromatic carbocycles. The van der Waals surface area contributed by atoms with Crippen molar-refractivity contribution in [2.24, 2.45) is 11.8 Å². The number of sulfonamides is 1. The molecule has 4 fully saturated rings. The largest absolute Gasteiger partial charge is 0.496 e. The van der Waals surface area contributed by atoms with Crippen LogP contribution in [0, 0.1) is 18.8 Å². The van der Waals surface area contributed by atoms with E-state index in [1.165, 1.54) is 16.2 Å². The molecule has 3 N–H and O–H groups in total. The number of fused-ring (bicyclic) bond motifs is 3. The molecule has 15 nitrogen and oxygen atoms in total. The van der Waals surface area contributed by atoms with E-state index in [4.69, 9.17) is 19.4 Å². The fourth-order valence-corrected chi connectivity index (χ4v) is 11.2. The van der Waals surface area contributed by atoms with Crippen molar-refractivity contribution >= 4 is 56.0 Å². The first-order chi connectivity index (χ1) is 30.2. The molecule has 3 saturated carbocycles. The first-order valence-electron chi connectivity index (χ1n) is 22.7. The fourth-order valence-electron chi connectivity index (χ4n) is 8.90. The van der Waals surface area contributed by atoms with Crippen LogP contribution in [0.5, 0.6) is 11.5 Å². The predicted molar refractivity (Wildman–Crippen MR) is 241 cm³/mol. The summed E-state index contributed by atoms with van der Waals surface area (Å²) >= 11 is 1.49. The lowest BCUT2D eigenvalue weighted by Gasteiger charge is -2.31. The topological polar surface area (TPSA) is 189 Å². The maximum Gasteiger partial charge on any atom is 0.318 e. The number of carbonyl (C=O) groups excluding carboxylic acids is 4. The van der Waals surface area contributed by atoms with Gasteiger partial charge in [0, 0.05) is 47.8 Å². The minimum absolute atomic E-state index is 0.0195. The summed E-state index contributed by atoms with van der Waals surface area (Å²) in [5.74, 6) is -0.354. The SMILES string of the molecule is CCCN(CC1CC1)C(=O)N[C@H]1CCCCC/C=C/[C@@H]2C[C@@]2(C(=O)NS(=O)(=O)C2CC2)NC(=O)[C@@H]2C[C@@H](Oc3cc(-c4nc(C(C)C)cs4)nc4c(C)c(OC)ccc34)CN2C1=O. The summed E-state index contributed by atoms with van der Waals surface area (Å²) < 4.78 is 40.8. The highest BCUT2D eigenvalue weighted by Gasteiger charge is 2.62. The van der Waals surface area contributed by atoms with Gasteiger partial charge in [-0.3, -0.25) is 19.1 Å². The molecular formula is C46H61N7O8S2. The Morgan fingerprint density at radius 3 is 2.57 bits per heavy atom. The number of nitrogens with zero attached hydrogens (tertiary/aromatic N) is 4. The number of urea groups is 1. The Hall–Kier alpha value is -4.77. The standard InChI is InChI=1S/C46H61N7O8S2/c1-6-20-52(24-29-14-15-29)45(57)49-34-13-11-9-7-8-10-12-30-23-46(30,44(56)51-63(58,59)32-16-17-32)50-41(54)37-21-31(25-53(37)43(34)55)61-39-22-35(42-48-36(26-62-42)27(2)3)47-40-28(4)38(60-5)19-18-33(39)40/h10,12,18-19,22,26-27,29-32,34,37H,6-9,11,13-17,20-21,23-25H2,1-5H3,(H,49,57)(H,50,54)(H,51,56)/b12-10+/t30-,31-,34+,37+,46-/m1/s1. The van der Waals surface area contributed by atoms with Crippen molar-refractivity contribution < 1.29 is 37.1 Å². The number of allylic oxidation sites excluding steroid dienone is 1. The molecule has 0 spiro atoms. The smallest absolute Gasteiger partial charge is 0.318 e. The average molecular weight is 904 g/mol. The molecule has 2 aromatic heterocycles. The molecule has 3 aliphatic carbocycles. The van der Waals surface area contributed by atoms with Crippen LogP contribution in [0.4, 0.5) is 4.79 Å². The monoisotopic (exact) mass is 903 g/mol. The molecule has 4 heterocycles. The van der Waals surface area contributed by atoms with Crippen molar-refractivity contribution in [3.05, 3.63) is 47.0 Å². The first-order valence-corrected chi connectivity index (χ1v) is 25.1. The van der Waals surface area contributed by atoms with Gasteiger partial charge in [0.2, 0.25) is 21.8 Å². The molecular weight excluding hydrogens is 843 g/mol. The molecule has 3 aromatic rings. The lowest BCUT2D eigenvalue weighted by Crippen LogP contribution is -2.59. The van der Waals surface area contributed by atoms with Gasteiger partial charge >= 0.3 is 6.03 Å². The normalized spacial score (nSPS) is 25.9. The highest BCUT2D eigenvalue weighted by Crippen LogP contribution is 2.46. The number of thiazole rings is 1. The Morgan fingerprint density at radius 1 is 1.08 bits per heavy atom. The van der Waals surface area contributed by atoms with Gasteiger partial charge in [0.25, 0.3) is 5.91 Å². The number of ether oxygens (including phenoxy) is 2. The number of rotatable bonds is 13. The average Bonchev–Trinajstić information content (AvgIpc) is 4.21. The van der Waals surface area contributed by atoms with Gasteiger partial charge in [0.1, 0.15) is 45.9 Å². The Bertz CT molecular complexity index is 2380. The molecule has 5 amide bonds. The third kappa shape index (κ3) is 9.83. The summed E-state index contributed by atoms with van der Waals surface area (Å²) in [6, 6.07) is 3.28. The second-order valence-corrected chi connectivity index (χ2v) is 21.2. The molecule has 0 unspecified atom stereocenters. The van der Waals surface area contributed by atoms with Crippen molar-refractivity contribution in [2.75, 3.05) is 26.7 Å². The van der Waals surface area contributed by atoms with Gasteiger partial charge in [0.15, 0.2) is 0 Å². The minimum Gasteiger partial charge on any atom is -0.496 e. The van der Waals surface area contributed by atoms with E-state index in [-0.39, 0.29) is 31.3 Å². The molecule has 2 aliphatic heterocycles. The second-order valence-electron chi connectivity index (χ2n) is 18.4. The summed E-state index contributed by atoms with van der Waals surface area (Å²) in [5.41, 5.74) is 1.53. The zero-order valence-electron chi connectivity index (χ0n) is 37.0. The molecule has 8 rings (SSSR count). The lowest BCUT2D eigenvalue weighted by molar-refractivity contribution is -0.141. The Balaban J connectivity index is 1.14. The highest BCUT2D eigenvalue weighted by molar-refractivity contribution is 7.91. The van der Waals surface area contributed by atoms with E-state index in [9.17, 15) is 22.8 Å². The van der Waals surface area contributed by atoms with Crippen molar-refractivity contribution in [3.63, 3.8) is 0 Å². The van der Waals surface area contributed by atoms with E-state index < -0.39 is 62.6 Å². The second kappa shape index (κ2) is 18.4. The Kier molecular flexibility index (Phi) is 13.1.